The van der Waals surface area contributed by atoms with Crippen LogP contribution >= 0.6 is 0 Å². The van der Waals surface area contributed by atoms with Crippen molar-refractivity contribution < 1.29 is 33.2 Å². The van der Waals surface area contributed by atoms with Gasteiger partial charge in [0.25, 0.3) is 0 Å². The third kappa shape index (κ3) is 3.46. The molecule has 154 valence electrons. The molecule has 1 aromatic carbocycles. The summed E-state index contributed by atoms with van der Waals surface area (Å²) in [5.41, 5.74) is 0.251. The lowest BCUT2D eigenvalue weighted by Gasteiger charge is -2.42. The number of carbonyl (C=O) groups is 1. The molecule has 1 aromatic rings. The summed E-state index contributed by atoms with van der Waals surface area (Å²) in [5.74, 6) is -1.46. The molecule has 1 aliphatic carbocycles. The SMILES string of the molecule is CCOC(=O)C1CC12O[C@@H](OC)[C@H](OCc1ccccc1)[C@H]1OC(C)(C)O[C@H]12. The zero-order valence-electron chi connectivity index (χ0n) is 16.8. The van der Waals surface area contributed by atoms with Gasteiger partial charge in [0.1, 0.15) is 23.9 Å². The molecule has 4 rings (SSSR count). The molecule has 0 radical (unpaired) electrons. The second kappa shape index (κ2) is 7.39. The maximum atomic E-state index is 12.3. The fourth-order valence-electron chi connectivity index (χ4n) is 4.27. The minimum Gasteiger partial charge on any atom is -0.466 e. The summed E-state index contributed by atoms with van der Waals surface area (Å²) in [6.45, 7) is 6.24. The number of rotatable bonds is 6. The summed E-state index contributed by atoms with van der Waals surface area (Å²) in [6, 6.07) is 9.89. The highest BCUT2D eigenvalue weighted by Gasteiger charge is 2.75. The molecule has 1 spiro atoms. The van der Waals surface area contributed by atoms with Gasteiger partial charge in [0.2, 0.25) is 0 Å². The number of methoxy groups -OCH3 is 1. The van der Waals surface area contributed by atoms with Crippen molar-refractivity contribution in [2.45, 2.75) is 69.8 Å². The van der Waals surface area contributed by atoms with E-state index in [4.69, 9.17) is 28.4 Å². The van der Waals surface area contributed by atoms with Gasteiger partial charge in [0.15, 0.2) is 12.1 Å². The topological polar surface area (TPSA) is 72.5 Å². The first-order chi connectivity index (χ1) is 13.4. The first-order valence-electron chi connectivity index (χ1n) is 9.78. The molecule has 2 aliphatic heterocycles. The molecular weight excluding hydrogens is 364 g/mol. The predicted octanol–water partition coefficient (Wildman–Crippen LogP) is 2.42. The molecule has 0 bridgehead atoms. The number of hydrogen-bond acceptors (Lipinski definition) is 7. The van der Waals surface area contributed by atoms with Crippen molar-refractivity contribution in [1.29, 1.82) is 0 Å². The van der Waals surface area contributed by atoms with Gasteiger partial charge in [0.05, 0.1) is 19.1 Å². The quantitative estimate of drug-likeness (QED) is 0.689. The van der Waals surface area contributed by atoms with Crippen molar-refractivity contribution in [3.63, 3.8) is 0 Å². The summed E-state index contributed by atoms with van der Waals surface area (Å²) >= 11 is 0. The summed E-state index contributed by atoms with van der Waals surface area (Å²) in [4.78, 5) is 12.3. The van der Waals surface area contributed by atoms with Crippen LogP contribution in [0.15, 0.2) is 30.3 Å². The van der Waals surface area contributed by atoms with Crippen molar-refractivity contribution in [3.8, 4) is 0 Å². The highest BCUT2D eigenvalue weighted by molar-refractivity contribution is 5.78. The Hall–Kier alpha value is -1.51. The lowest BCUT2D eigenvalue weighted by atomic mass is 9.95. The fraction of sp³-hybridized carbons (Fsp3) is 0.667. The van der Waals surface area contributed by atoms with E-state index in [1.807, 2.05) is 44.2 Å². The van der Waals surface area contributed by atoms with Crippen LogP contribution in [0.3, 0.4) is 0 Å². The number of carbonyl (C=O) groups excluding carboxylic acids is 1. The average molecular weight is 392 g/mol. The summed E-state index contributed by atoms with van der Waals surface area (Å²) in [7, 11) is 1.57. The molecule has 7 nitrogen and oxygen atoms in total. The lowest BCUT2D eigenvalue weighted by Crippen LogP contribution is -2.60. The first kappa shape index (κ1) is 19.8. The normalized spacial score (nSPS) is 38.2. The minimum absolute atomic E-state index is 0.270. The van der Waals surface area contributed by atoms with Gasteiger partial charge in [-0.1, -0.05) is 30.3 Å². The van der Waals surface area contributed by atoms with Crippen LogP contribution in [-0.2, 0) is 39.8 Å². The average Bonchev–Trinajstić information content (AvgIpc) is 3.29. The van der Waals surface area contributed by atoms with E-state index < -0.39 is 36.0 Å². The van der Waals surface area contributed by atoms with Crippen LogP contribution in [0.5, 0.6) is 0 Å². The highest BCUT2D eigenvalue weighted by atomic mass is 16.8. The van der Waals surface area contributed by atoms with Crippen molar-refractivity contribution in [3.05, 3.63) is 35.9 Å². The Labute approximate surface area is 165 Å². The molecule has 2 saturated heterocycles. The summed E-state index contributed by atoms with van der Waals surface area (Å²) < 4.78 is 35.6. The van der Waals surface area contributed by atoms with Gasteiger partial charge in [-0.15, -0.1) is 0 Å². The van der Waals surface area contributed by atoms with E-state index in [1.165, 1.54) is 0 Å². The van der Waals surface area contributed by atoms with Crippen LogP contribution in [0, 0.1) is 5.92 Å². The van der Waals surface area contributed by atoms with Crippen LogP contribution < -0.4 is 0 Å². The first-order valence-corrected chi connectivity index (χ1v) is 9.78. The Kier molecular flexibility index (Phi) is 5.22. The third-order valence-corrected chi connectivity index (χ3v) is 5.58. The van der Waals surface area contributed by atoms with Gasteiger partial charge in [0, 0.05) is 7.11 Å². The van der Waals surface area contributed by atoms with E-state index in [9.17, 15) is 4.79 Å². The van der Waals surface area contributed by atoms with E-state index in [1.54, 1.807) is 14.0 Å². The van der Waals surface area contributed by atoms with Gasteiger partial charge >= 0.3 is 5.97 Å². The van der Waals surface area contributed by atoms with Crippen LogP contribution in [0.25, 0.3) is 0 Å². The van der Waals surface area contributed by atoms with Crippen LogP contribution in [-0.4, -0.2) is 55.7 Å². The van der Waals surface area contributed by atoms with Crippen molar-refractivity contribution in [1.82, 2.24) is 0 Å². The molecule has 2 unspecified atom stereocenters. The standard InChI is InChI=1S/C21H28O7/c1-5-24-18(22)14-11-21(14)17-15(26-20(2,3)27-17)16(19(23-4)28-21)25-12-13-9-7-6-8-10-13/h6-10,14-17,19H,5,11-12H2,1-4H3/t14?,15-,16-,17-,19-,21?/m1/s1. The van der Waals surface area contributed by atoms with E-state index >= 15 is 0 Å². The van der Waals surface area contributed by atoms with E-state index in [0.29, 0.717) is 19.6 Å². The van der Waals surface area contributed by atoms with E-state index in [-0.39, 0.29) is 11.9 Å². The fourth-order valence-corrected chi connectivity index (χ4v) is 4.27. The van der Waals surface area contributed by atoms with Crippen LogP contribution in [0.2, 0.25) is 0 Å². The second-order valence-corrected chi connectivity index (χ2v) is 7.97. The van der Waals surface area contributed by atoms with E-state index in [0.717, 1.165) is 5.56 Å². The molecule has 0 N–H and O–H groups in total. The number of benzene rings is 1. The molecule has 0 aromatic heterocycles. The van der Waals surface area contributed by atoms with Gasteiger partial charge in [-0.3, -0.25) is 4.79 Å². The zero-order valence-corrected chi connectivity index (χ0v) is 16.8. The minimum atomic E-state index is -0.801. The van der Waals surface area contributed by atoms with Gasteiger partial charge in [-0.25, -0.2) is 0 Å². The lowest BCUT2D eigenvalue weighted by molar-refractivity contribution is -0.294. The number of hydrogen-bond donors (Lipinski definition) is 0. The van der Waals surface area contributed by atoms with Gasteiger partial charge in [-0.2, -0.15) is 0 Å². The molecule has 0 amide bonds. The molecule has 1 saturated carbocycles. The Bertz CT molecular complexity index is 706. The molecule has 28 heavy (non-hydrogen) atoms. The Balaban J connectivity index is 1.56. The maximum Gasteiger partial charge on any atom is 0.312 e. The molecule has 3 aliphatic rings. The third-order valence-electron chi connectivity index (χ3n) is 5.58. The van der Waals surface area contributed by atoms with Gasteiger partial charge in [-0.05, 0) is 32.8 Å². The summed E-state index contributed by atoms with van der Waals surface area (Å²) in [5, 5.41) is 0. The Morgan fingerprint density at radius 3 is 2.61 bits per heavy atom. The van der Waals surface area contributed by atoms with E-state index in [2.05, 4.69) is 0 Å². The highest BCUT2D eigenvalue weighted by Crippen LogP contribution is 2.59. The largest absolute Gasteiger partial charge is 0.466 e. The van der Waals surface area contributed by atoms with Crippen molar-refractivity contribution >= 4 is 5.97 Å². The molecule has 7 heteroatoms. The number of ether oxygens (including phenoxy) is 6. The maximum absolute atomic E-state index is 12.3. The predicted molar refractivity (Wildman–Crippen MR) is 98.2 cm³/mol. The van der Waals surface area contributed by atoms with Crippen LogP contribution in [0.1, 0.15) is 32.8 Å². The number of fused-ring (bicyclic) bond motifs is 2. The van der Waals surface area contributed by atoms with Crippen LogP contribution in [0.4, 0.5) is 0 Å². The Morgan fingerprint density at radius 2 is 1.93 bits per heavy atom. The monoisotopic (exact) mass is 392 g/mol. The smallest absolute Gasteiger partial charge is 0.312 e. The molecular formula is C21H28O7. The molecule has 6 atom stereocenters. The van der Waals surface area contributed by atoms with Crippen molar-refractivity contribution in [2.75, 3.05) is 13.7 Å². The molecule has 2 heterocycles. The Morgan fingerprint density at radius 1 is 1.18 bits per heavy atom. The zero-order chi connectivity index (χ0) is 19.9. The molecule has 3 fully saturated rings. The van der Waals surface area contributed by atoms with Gasteiger partial charge < -0.3 is 28.4 Å². The summed E-state index contributed by atoms with van der Waals surface area (Å²) in [6.07, 6.45) is -1.45. The van der Waals surface area contributed by atoms with Crippen molar-refractivity contribution in [2.24, 2.45) is 5.92 Å². The number of esters is 1. The second-order valence-electron chi connectivity index (χ2n) is 7.97.